The second-order valence-electron chi connectivity index (χ2n) is 13.5. The number of H-pyrrole nitrogens is 1. The quantitative estimate of drug-likeness (QED) is 0.0798. The molecule has 0 saturated carbocycles. The smallest absolute Gasteiger partial charge is 0.407 e. The third-order valence-corrected chi connectivity index (χ3v) is 8.67. The van der Waals surface area contributed by atoms with Crippen molar-refractivity contribution in [1.82, 2.24) is 31.2 Å². The van der Waals surface area contributed by atoms with E-state index in [0.29, 0.717) is 37.8 Å². The molecule has 286 valence electrons. The van der Waals surface area contributed by atoms with E-state index in [0.717, 1.165) is 22.8 Å². The van der Waals surface area contributed by atoms with Crippen molar-refractivity contribution in [2.24, 2.45) is 11.8 Å². The zero-order valence-corrected chi connectivity index (χ0v) is 31.0. The summed E-state index contributed by atoms with van der Waals surface area (Å²) in [5, 5.41) is 24.3. The number of nitrogens with one attached hydrogen (secondary N) is 5. The number of rotatable bonds is 23. The largest absolute Gasteiger partial charge is 0.447 e. The predicted octanol–water partition coefficient (Wildman–Crippen LogP) is 3.03. The van der Waals surface area contributed by atoms with Gasteiger partial charge in [0.2, 0.25) is 17.7 Å². The Balaban J connectivity index is 1.81. The molecule has 0 aliphatic carbocycles. The number of aromatic amines is 1. The number of benzene rings is 2. The van der Waals surface area contributed by atoms with E-state index in [4.69, 9.17) is 14.2 Å². The van der Waals surface area contributed by atoms with Crippen LogP contribution in [0.5, 0.6) is 0 Å². The number of hydrogen-bond donors (Lipinski definition) is 6. The third-order valence-electron chi connectivity index (χ3n) is 8.67. The van der Waals surface area contributed by atoms with E-state index < -0.39 is 42.1 Å². The number of aliphatic hydroxyl groups excluding tert-OH is 1. The average Bonchev–Trinajstić information content (AvgIpc) is 3.64. The van der Waals surface area contributed by atoms with Crippen LogP contribution in [-0.2, 0) is 41.4 Å². The number of fused-ring (bicyclic) bond motifs is 1. The van der Waals surface area contributed by atoms with Gasteiger partial charge in [-0.25, -0.2) is 9.78 Å². The lowest BCUT2D eigenvalue weighted by atomic mass is 9.96. The molecule has 3 rings (SSSR count). The molecule has 4 amide bonds. The molecule has 14 heteroatoms. The van der Waals surface area contributed by atoms with Gasteiger partial charge in [0.15, 0.2) is 0 Å². The minimum absolute atomic E-state index is 0.0434. The third kappa shape index (κ3) is 14.6. The fourth-order valence-electron chi connectivity index (χ4n) is 5.56. The van der Waals surface area contributed by atoms with Gasteiger partial charge in [-0.2, -0.15) is 0 Å². The van der Waals surface area contributed by atoms with Crippen molar-refractivity contribution >= 4 is 34.6 Å². The highest BCUT2D eigenvalue weighted by atomic mass is 16.6. The van der Waals surface area contributed by atoms with Gasteiger partial charge in [-0.3, -0.25) is 14.4 Å². The summed E-state index contributed by atoms with van der Waals surface area (Å²) in [5.74, 6) is -1.12. The molecule has 5 atom stereocenters. The van der Waals surface area contributed by atoms with Crippen LogP contribution in [0.2, 0.25) is 0 Å². The summed E-state index contributed by atoms with van der Waals surface area (Å²) in [4.78, 5) is 60.6. The highest BCUT2D eigenvalue weighted by Crippen LogP contribution is 2.20. The molecular formula is C38H56N6O8. The molecular weight excluding hydrogens is 668 g/mol. The lowest BCUT2D eigenvalue weighted by Gasteiger charge is -2.29. The highest BCUT2D eigenvalue weighted by molar-refractivity contribution is 5.93. The maximum Gasteiger partial charge on any atom is 0.407 e. The van der Waals surface area contributed by atoms with E-state index in [2.05, 4.69) is 31.2 Å². The van der Waals surface area contributed by atoms with Crippen LogP contribution in [0, 0.1) is 11.8 Å². The number of carbonyl (C=O) groups excluding carboxylic acids is 4. The van der Waals surface area contributed by atoms with Crippen LogP contribution in [0.3, 0.4) is 0 Å². The zero-order chi connectivity index (χ0) is 37.9. The first-order valence-electron chi connectivity index (χ1n) is 18.0. The Hall–Kier alpha value is -4.53. The number of ether oxygens (including phenoxy) is 3. The van der Waals surface area contributed by atoms with Crippen molar-refractivity contribution in [2.45, 2.75) is 84.0 Å². The fourth-order valence-corrected chi connectivity index (χ4v) is 5.56. The van der Waals surface area contributed by atoms with E-state index in [1.165, 1.54) is 6.33 Å². The minimum atomic E-state index is -1.17. The van der Waals surface area contributed by atoms with Crippen LogP contribution < -0.4 is 21.3 Å². The summed E-state index contributed by atoms with van der Waals surface area (Å²) in [6.07, 6.45) is 2.28. The van der Waals surface area contributed by atoms with Gasteiger partial charge in [-0.15, -0.1) is 0 Å². The maximum absolute atomic E-state index is 14.1. The van der Waals surface area contributed by atoms with Crippen LogP contribution in [0.15, 0.2) is 55.0 Å². The predicted molar refractivity (Wildman–Crippen MR) is 197 cm³/mol. The molecule has 2 aromatic carbocycles. The summed E-state index contributed by atoms with van der Waals surface area (Å²) in [6.45, 7) is 9.30. The van der Waals surface area contributed by atoms with E-state index in [-0.39, 0.29) is 44.3 Å². The second kappa shape index (κ2) is 22.4. The molecule has 0 fully saturated rings. The summed E-state index contributed by atoms with van der Waals surface area (Å²) in [5.41, 5.74) is 1.39. The minimum Gasteiger partial charge on any atom is -0.447 e. The maximum atomic E-state index is 14.1. The molecule has 0 bridgehead atoms. The molecule has 14 nitrogen and oxygen atoms in total. The molecule has 1 heterocycles. The topological polar surface area (TPSA) is 193 Å². The van der Waals surface area contributed by atoms with Crippen LogP contribution in [-0.4, -0.2) is 103 Å². The lowest BCUT2D eigenvalue weighted by Crippen LogP contribution is -2.57. The van der Waals surface area contributed by atoms with Crippen molar-refractivity contribution in [3.8, 4) is 0 Å². The van der Waals surface area contributed by atoms with Gasteiger partial charge in [0.05, 0.1) is 44.7 Å². The van der Waals surface area contributed by atoms with E-state index >= 15 is 0 Å². The molecule has 6 N–H and O–H groups in total. The second-order valence-corrected chi connectivity index (χ2v) is 13.5. The number of carbonyl (C=O) groups is 4. The Kier molecular flexibility index (Phi) is 18.1. The van der Waals surface area contributed by atoms with Crippen molar-refractivity contribution in [3.63, 3.8) is 0 Å². The zero-order valence-electron chi connectivity index (χ0n) is 31.0. The number of alkyl carbamates (subject to hydrolysis) is 1. The van der Waals surface area contributed by atoms with Gasteiger partial charge in [-0.1, -0.05) is 76.6 Å². The van der Waals surface area contributed by atoms with Gasteiger partial charge < -0.3 is 45.6 Å². The summed E-state index contributed by atoms with van der Waals surface area (Å²) in [6, 6.07) is 10.4. The number of amides is 4. The van der Waals surface area contributed by atoms with Crippen molar-refractivity contribution in [1.29, 1.82) is 0 Å². The number of nitrogens with zero attached hydrogens (tertiary/aromatic N) is 1. The van der Waals surface area contributed by atoms with Crippen molar-refractivity contribution < 1.29 is 38.5 Å². The molecule has 0 radical (unpaired) electrons. The first-order valence-corrected chi connectivity index (χ1v) is 18.0. The summed E-state index contributed by atoms with van der Waals surface area (Å²) >= 11 is 0. The highest BCUT2D eigenvalue weighted by Gasteiger charge is 2.32. The van der Waals surface area contributed by atoms with Crippen molar-refractivity contribution in [2.75, 3.05) is 40.1 Å². The lowest BCUT2D eigenvalue weighted by molar-refractivity contribution is -0.131. The standard InChI is InChI=1S/C38H56N6O8/c1-6-26(4)22-40-35(46)21-34(45)31(18-25(2)3)42-37(48)33(20-29-23-39-24-41-29)43-36(47)32(44-38(49)52-17-16-51-15-14-50-5)19-28-12-9-11-27-10-7-8-13-30(27)28/h7-13,23-26,31-34,45H,6,14-22H2,1-5H3,(H,39,41)(H,40,46)(H,42,48)(H,43,47)(H,44,49)/t26-,31?,32?,33?,34+/m1/s1. The number of aliphatic hydroxyl groups is 1. The molecule has 52 heavy (non-hydrogen) atoms. The van der Waals surface area contributed by atoms with Gasteiger partial charge in [0.1, 0.15) is 18.7 Å². The van der Waals surface area contributed by atoms with Crippen molar-refractivity contribution in [3.05, 3.63) is 66.2 Å². The monoisotopic (exact) mass is 724 g/mol. The number of imidazole rings is 1. The fraction of sp³-hybridized carbons (Fsp3) is 0.553. The first-order chi connectivity index (χ1) is 25.0. The first kappa shape index (κ1) is 41.9. The summed E-state index contributed by atoms with van der Waals surface area (Å²) < 4.78 is 15.6. The van der Waals surface area contributed by atoms with Gasteiger partial charge in [-0.05, 0) is 34.6 Å². The van der Waals surface area contributed by atoms with Crippen LogP contribution in [0.25, 0.3) is 10.8 Å². The van der Waals surface area contributed by atoms with Gasteiger partial charge in [0, 0.05) is 38.4 Å². The summed E-state index contributed by atoms with van der Waals surface area (Å²) in [7, 11) is 1.56. The molecule has 3 aromatic rings. The Morgan fingerprint density at radius 1 is 0.885 bits per heavy atom. The van der Waals surface area contributed by atoms with Crippen LogP contribution in [0.4, 0.5) is 4.79 Å². The van der Waals surface area contributed by atoms with Gasteiger partial charge >= 0.3 is 6.09 Å². The number of aromatic nitrogens is 2. The Labute approximate surface area is 306 Å². The number of methoxy groups -OCH3 is 1. The van der Waals surface area contributed by atoms with Crippen LogP contribution in [0.1, 0.15) is 58.2 Å². The van der Waals surface area contributed by atoms with E-state index in [1.54, 1.807) is 13.3 Å². The Bertz CT molecular complexity index is 1530. The average molecular weight is 725 g/mol. The SMILES string of the molecule is CC[C@@H](C)CNC(=O)C[C@H](O)C(CC(C)C)NC(=O)C(Cc1cnc[nH]1)NC(=O)C(Cc1cccc2ccccc12)NC(=O)OCCOCCOC. The number of hydrogen-bond acceptors (Lipinski definition) is 9. The molecule has 0 spiro atoms. The van der Waals surface area contributed by atoms with E-state index in [1.807, 2.05) is 70.2 Å². The molecule has 1 aromatic heterocycles. The molecule has 0 aliphatic heterocycles. The van der Waals surface area contributed by atoms with E-state index in [9.17, 15) is 24.3 Å². The van der Waals surface area contributed by atoms with Gasteiger partial charge in [0.25, 0.3) is 0 Å². The molecule has 0 aliphatic rings. The normalized spacial score (nSPS) is 14.2. The molecule has 0 saturated heterocycles. The Morgan fingerprint density at radius 3 is 2.31 bits per heavy atom. The van der Waals surface area contributed by atoms with Crippen LogP contribution >= 0.6 is 0 Å². The Morgan fingerprint density at radius 2 is 1.60 bits per heavy atom. The molecule has 3 unspecified atom stereocenters.